The second-order valence-corrected chi connectivity index (χ2v) is 5.20. The van der Waals surface area contributed by atoms with E-state index in [0.717, 1.165) is 6.42 Å². The molecule has 0 amide bonds. The number of hydrogen-bond donors (Lipinski definition) is 0. The van der Waals surface area contributed by atoms with E-state index < -0.39 is 0 Å². The molecule has 0 radical (unpaired) electrons. The summed E-state index contributed by atoms with van der Waals surface area (Å²) in [5.74, 6) is 0.555. The van der Waals surface area contributed by atoms with Gasteiger partial charge in [-0.3, -0.25) is 0 Å². The van der Waals surface area contributed by atoms with Crippen molar-refractivity contribution >= 4 is 0 Å². The summed E-state index contributed by atoms with van der Waals surface area (Å²) < 4.78 is 0. The summed E-state index contributed by atoms with van der Waals surface area (Å²) in [5, 5.41) is 0. The van der Waals surface area contributed by atoms with Crippen LogP contribution >= 0.6 is 0 Å². The van der Waals surface area contributed by atoms with Crippen molar-refractivity contribution in [3.8, 4) is 0 Å². The van der Waals surface area contributed by atoms with Gasteiger partial charge in [0, 0.05) is 0 Å². The van der Waals surface area contributed by atoms with Gasteiger partial charge in [-0.15, -0.1) is 18.9 Å². The molecule has 0 fully saturated rings. The summed E-state index contributed by atoms with van der Waals surface area (Å²) in [5.41, 5.74) is 4.06. The number of allylic oxidation sites excluding steroid dienone is 3. The first-order valence-electron chi connectivity index (χ1n) is 8.08. The zero-order valence-corrected chi connectivity index (χ0v) is 14.8. The highest BCUT2D eigenvalue weighted by atomic mass is 14.0. The van der Waals surface area contributed by atoms with Crippen molar-refractivity contribution in [3.63, 3.8) is 0 Å². The monoisotopic (exact) mass is 278 g/mol. The fourth-order valence-electron chi connectivity index (χ4n) is 1.49. The maximum atomic E-state index is 3.69. The van der Waals surface area contributed by atoms with Gasteiger partial charge in [0.2, 0.25) is 0 Å². The molecule has 0 saturated heterocycles. The van der Waals surface area contributed by atoms with E-state index in [1.807, 2.05) is 19.9 Å². The van der Waals surface area contributed by atoms with Crippen LogP contribution in [0.5, 0.6) is 0 Å². The molecule has 0 aromatic heterocycles. The third kappa shape index (κ3) is 30.2. The van der Waals surface area contributed by atoms with Gasteiger partial charge in [-0.25, -0.2) is 0 Å². The summed E-state index contributed by atoms with van der Waals surface area (Å²) in [7, 11) is 0. The summed E-state index contributed by atoms with van der Waals surface area (Å²) in [6, 6.07) is 0. The van der Waals surface area contributed by atoms with Crippen molar-refractivity contribution in [3.05, 3.63) is 43.2 Å². The molecule has 0 N–H and O–H groups in total. The molecular formula is C20H38. The molecule has 1 atom stereocenters. The second-order valence-electron chi connectivity index (χ2n) is 5.20. The molecule has 0 aliphatic carbocycles. The first-order valence-corrected chi connectivity index (χ1v) is 8.08. The van der Waals surface area contributed by atoms with E-state index in [0.29, 0.717) is 5.92 Å². The Morgan fingerprint density at radius 1 is 1.05 bits per heavy atom. The molecule has 0 spiro atoms. The minimum atomic E-state index is 0.555. The highest BCUT2D eigenvalue weighted by molar-refractivity contribution is 4.97. The van der Waals surface area contributed by atoms with Gasteiger partial charge < -0.3 is 0 Å². The van der Waals surface area contributed by atoms with Gasteiger partial charge in [0.15, 0.2) is 0 Å². The summed E-state index contributed by atoms with van der Waals surface area (Å²) in [4.78, 5) is 0. The van der Waals surface area contributed by atoms with Gasteiger partial charge in [0.05, 0.1) is 0 Å². The average molecular weight is 279 g/mol. The molecule has 0 aliphatic heterocycles. The topological polar surface area (TPSA) is 0 Å². The van der Waals surface area contributed by atoms with Gasteiger partial charge in [0.25, 0.3) is 0 Å². The lowest BCUT2D eigenvalue weighted by Crippen LogP contribution is -1.87. The Hall–Kier alpha value is -1.00. The minimum absolute atomic E-state index is 0.555. The zero-order chi connectivity index (χ0) is 16.2. The summed E-state index contributed by atoms with van der Waals surface area (Å²) in [6.45, 7) is 21.2. The Kier molecular flexibility index (Phi) is 27.8. The van der Waals surface area contributed by atoms with Crippen molar-refractivity contribution in [2.24, 2.45) is 5.92 Å². The third-order valence-corrected chi connectivity index (χ3v) is 2.79. The Morgan fingerprint density at radius 2 is 1.45 bits per heavy atom. The minimum Gasteiger partial charge on any atom is -0.130 e. The quantitative estimate of drug-likeness (QED) is 0.245. The average Bonchev–Trinajstić information content (AvgIpc) is 2.45. The van der Waals surface area contributed by atoms with Crippen molar-refractivity contribution in [1.29, 1.82) is 0 Å². The van der Waals surface area contributed by atoms with E-state index in [-0.39, 0.29) is 0 Å². The molecule has 0 heterocycles. The van der Waals surface area contributed by atoms with Gasteiger partial charge in [-0.05, 0) is 31.8 Å². The van der Waals surface area contributed by atoms with E-state index in [2.05, 4.69) is 46.2 Å². The molecule has 118 valence electrons. The van der Waals surface area contributed by atoms with Gasteiger partial charge in [-0.2, -0.15) is 0 Å². The molecule has 0 heteroatoms. The van der Waals surface area contributed by atoms with Gasteiger partial charge in [-0.1, -0.05) is 78.0 Å². The van der Waals surface area contributed by atoms with Crippen molar-refractivity contribution < 1.29 is 0 Å². The lowest BCUT2D eigenvalue weighted by atomic mass is 10.0. The second kappa shape index (κ2) is 23.1. The Balaban J connectivity index is -0.000000243. The van der Waals surface area contributed by atoms with Crippen LogP contribution in [0.4, 0.5) is 0 Å². The first kappa shape index (κ1) is 24.0. The smallest absolute Gasteiger partial charge is 0.0186 e. The molecular weight excluding hydrogens is 240 g/mol. The third-order valence-electron chi connectivity index (χ3n) is 2.79. The molecule has 0 aromatic carbocycles. The lowest BCUT2D eigenvalue weighted by molar-refractivity contribution is 0.624. The molecule has 1 unspecified atom stereocenters. The van der Waals surface area contributed by atoms with Crippen LogP contribution in [0.2, 0.25) is 0 Å². The predicted molar refractivity (Wildman–Crippen MR) is 97.2 cm³/mol. The van der Waals surface area contributed by atoms with E-state index in [1.165, 1.54) is 44.1 Å². The van der Waals surface area contributed by atoms with Crippen LogP contribution in [0.3, 0.4) is 0 Å². The van der Waals surface area contributed by atoms with Crippen molar-refractivity contribution in [2.75, 3.05) is 0 Å². The molecule has 0 rings (SSSR count). The predicted octanol–water partition coefficient (Wildman–Crippen LogP) is 7.49. The number of unbranched alkanes of at least 4 members (excludes halogenated alkanes) is 5. The number of rotatable bonds is 8. The van der Waals surface area contributed by atoms with E-state index >= 15 is 0 Å². The molecule has 0 aliphatic rings. The van der Waals surface area contributed by atoms with Crippen LogP contribution in [0.1, 0.15) is 79.6 Å². The van der Waals surface area contributed by atoms with Crippen LogP contribution in [-0.2, 0) is 0 Å². The standard InChI is InChI=1S/C9H14.C8H18.C3H6/c1-5-8(3)7-9(4)6-2;1-3-5-7-8-6-4-2;1-3-2/h5,8H,1-2,7H2,3-4H3;3-8H2,1-2H3;3H,1H2,2H3. The van der Waals surface area contributed by atoms with Crippen molar-refractivity contribution in [2.45, 2.75) is 79.6 Å². The van der Waals surface area contributed by atoms with Gasteiger partial charge >= 0.3 is 0 Å². The van der Waals surface area contributed by atoms with Crippen LogP contribution < -0.4 is 0 Å². The SMILES string of the molecule is C=C=C(C)CC(C)C=C.C=CC.CCCCCCCC. The van der Waals surface area contributed by atoms with E-state index in [9.17, 15) is 0 Å². The van der Waals surface area contributed by atoms with Crippen molar-refractivity contribution in [1.82, 2.24) is 0 Å². The van der Waals surface area contributed by atoms with Crippen LogP contribution in [-0.4, -0.2) is 0 Å². The van der Waals surface area contributed by atoms with E-state index in [4.69, 9.17) is 0 Å². The van der Waals surface area contributed by atoms with Crippen LogP contribution in [0.15, 0.2) is 43.2 Å². The Morgan fingerprint density at radius 3 is 1.70 bits per heavy atom. The highest BCUT2D eigenvalue weighted by Gasteiger charge is 1.94. The lowest BCUT2D eigenvalue weighted by Gasteiger charge is -2.01. The van der Waals surface area contributed by atoms with Crippen LogP contribution in [0, 0.1) is 5.92 Å². The number of hydrogen-bond acceptors (Lipinski definition) is 0. The maximum Gasteiger partial charge on any atom is -0.0186 e. The largest absolute Gasteiger partial charge is 0.130 e. The molecule has 20 heavy (non-hydrogen) atoms. The zero-order valence-electron chi connectivity index (χ0n) is 14.8. The Labute approximate surface area is 129 Å². The summed E-state index contributed by atoms with van der Waals surface area (Å²) >= 11 is 0. The van der Waals surface area contributed by atoms with Crippen LogP contribution in [0.25, 0.3) is 0 Å². The fourth-order valence-corrected chi connectivity index (χ4v) is 1.49. The molecule has 0 nitrogen and oxygen atoms in total. The molecule has 0 aromatic rings. The highest BCUT2D eigenvalue weighted by Crippen LogP contribution is 2.09. The van der Waals surface area contributed by atoms with E-state index in [1.54, 1.807) is 6.08 Å². The summed E-state index contributed by atoms with van der Waals surface area (Å²) in [6.07, 6.45) is 13.2. The Bertz CT molecular complexity index is 235. The first-order chi connectivity index (χ1) is 9.53. The van der Waals surface area contributed by atoms with Gasteiger partial charge in [0.1, 0.15) is 0 Å². The maximum absolute atomic E-state index is 3.69. The fraction of sp³-hybridized carbons (Fsp3) is 0.650. The normalized spacial score (nSPS) is 9.85. The molecule has 0 bridgehead atoms. The molecule has 0 saturated carbocycles.